The minimum absolute atomic E-state index is 0.123. The fraction of sp³-hybridized carbons (Fsp3) is 0.500. The summed E-state index contributed by atoms with van der Waals surface area (Å²) in [6, 6.07) is 6.25. The second-order valence-corrected chi connectivity index (χ2v) is 8.75. The molecule has 0 atom stereocenters. The van der Waals surface area contributed by atoms with Crippen molar-refractivity contribution in [3.05, 3.63) is 41.5 Å². The molecule has 32 heavy (non-hydrogen) atoms. The Hall–Kier alpha value is -3.16. The van der Waals surface area contributed by atoms with Crippen molar-refractivity contribution in [2.24, 2.45) is 0 Å². The molecule has 0 unspecified atom stereocenters. The fourth-order valence-electron chi connectivity index (χ4n) is 4.71. The second kappa shape index (κ2) is 8.76. The average molecular weight is 436 g/mol. The molecule has 0 radical (unpaired) electrons. The van der Waals surface area contributed by atoms with Gasteiger partial charge in [-0.3, -0.25) is 4.79 Å². The molecule has 1 aliphatic heterocycles. The number of aromatic nitrogens is 3. The van der Waals surface area contributed by atoms with Gasteiger partial charge >= 0.3 is 0 Å². The van der Waals surface area contributed by atoms with Crippen molar-refractivity contribution >= 4 is 22.5 Å². The lowest BCUT2D eigenvalue weighted by atomic mass is 10.1. The summed E-state index contributed by atoms with van der Waals surface area (Å²) in [7, 11) is 0. The topological polar surface area (TPSA) is 84.6 Å². The van der Waals surface area contributed by atoms with Crippen LogP contribution in [0.25, 0.3) is 10.9 Å². The monoisotopic (exact) mass is 435 g/mol. The maximum absolute atomic E-state index is 12.8. The zero-order valence-corrected chi connectivity index (χ0v) is 18.7. The zero-order chi connectivity index (χ0) is 22.1. The van der Waals surface area contributed by atoms with Crippen molar-refractivity contribution in [2.75, 3.05) is 31.1 Å². The Labute approximate surface area is 187 Å². The van der Waals surface area contributed by atoms with E-state index in [-0.39, 0.29) is 12.0 Å². The molecule has 1 saturated carbocycles. The molecule has 8 heteroatoms. The molecule has 2 aliphatic rings. The lowest BCUT2D eigenvalue weighted by Gasteiger charge is -2.36. The summed E-state index contributed by atoms with van der Waals surface area (Å²) in [6.07, 6.45) is 6.80. The molecular formula is C24H29N5O3. The van der Waals surface area contributed by atoms with Gasteiger partial charge in [0, 0.05) is 37.4 Å². The number of ether oxygens (including phenoxy) is 1. The van der Waals surface area contributed by atoms with E-state index in [1.165, 1.54) is 12.8 Å². The molecule has 1 saturated heterocycles. The molecule has 0 N–H and O–H groups in total. The number of hydrogen-bond acceptors (Lipinski definition) is 7. The predicted octanol–water partition coefficient (Wildman–Crippen LogP) is 3.45. The first kappa shape index (κ1) is 20.7. The third-order valence-corrected chi connectivity index (χ3v) is 6.67. The van der Waals surface area contributed by atoms with Gasteiger partial charge in [0.05, 0.1) is 23.0 Å². The Morgan fingerprint density at radius 2 is 1.91 bits per heavy atom. The van der Waals surface area contributed by atoms with Crippen molar-refractivity contribution < 1.29 is 14.1 Å². The third kappa shape index (κ3) is 4.13. The number of benzene rings is 1. The molecule has 8 nitrogen and oxygen atoms in total. The van der Waals surface area contributed by atoms with Crippen molar-refractivity contribution in [3.63, 3.8) is 0 Å². The number of amides is 1. The molecule has 1 amide bonds. The largest absolute Gasteiger partial charge is 0.474 e. The Kier molecular flexibility index (Phi) is 5.68. The summed E-state index contributed by atoms with van der Waals surface area (Å²) < 4.78 is 11.4. The molecule has 2 aromatic heterocycles. The van der Waals surface area contributed by atoms with Crippen LogP contribution >= 0.6 is 0 Å². The van der Waals surface area contributed by atoms with Gasteiger partial charge in [-0.1, -0.05) is 5.16 Å². The van der Waals surface area contributed by atoms with E-state index in [2.05, 4.69) is 32.2 Å². The lowest BCUT2D eigenvalue weighted by Crippen LogP contribution is -2.49. The summed E-state index contributed by atoms with van der Waals surface area (Å²) >= 11 is 0. The van der Waals surface area contributed by atoms with Crippen LogP contribution < -0.4 is 9.64 Å². The molecule has 0 spiro atoms. The Balaban J connectivity index is 1.27. The summed E-state index contributed by atoms with van der Waals surface area (Å²) in [5, 5.41) is 4.91. The highest BCUT2D eigenvalue weighted by Crippen LogP contribution is 2.30. The van der Waals surface area contributed by atoms with Gasteiger partial charge in [0.15, 0.2) is 0 Å². The van der Waals surface area contributed by atoms with E-state index in [9.17, 15) is 4.79 Å². The molecule has 2 fully saturated rings. The van der Waals surface area contributed by atoms with Gasteiger partial charge in [0.25, 0.3) is 0 Å². The number of piperazine rings is 1. The normalized spacial score (nSPS) is 17.3. The highest BCUT2D eigenvalue weighted by atomic mass is 16.5. The van der Waals surface area contributed by atoms with Gasteiger partial charge in [0.1, 0.15) is 18.2 Å². The van der Waals surface area contributed by atoms with Crippen LogP contribution in [0.15, 0.2) is 29.0 Å². The van der Waals surface area contributed by atoms with Gasteiger partial charge in [-0.15, -0.1) is 0 Å². The minimum Gasteiger partial charge on any atom is -0.474 e. The van der Waals surface area contributed by atoms with Gasteiger partial charge < -0.3 is 19.1 Å². The number of aryl methyl sites for hydroxylation is 2. The Morgan fingerprint density at radius 1 is 1.12 bits per heavy atom. The average Bonchev–Trinajstić information content (AvgIpc) is 3.44. The molecular weight excluding hydrogens is 406 g/mol. The van der Waals surface area contributed by atoms with E-state index < -0.39 is 0 Å². The van der Waals surface area contributed by atoms with Crippen LogP contribution in [0.3, 0.4) is 0 Å². The summed E-state index contributed by atoms with van der Waals surface area (Å²) in [6.45, 7) is 6.69. The molecule has 168 valence electrons. The number of fused-ring (bicyclic) bond motifs is 1. The van der Waals surface area contributed by atoms with E-state index in [1.807, 2.05) is 24.8 Å². The number of nitrogens with zero attached hydrogens (tertiary/aromatic N) is 5. The first-order valence-electron chi connectivity index (χ1n) is 11.4. The van der Waals surface area contributed by atoms with Crippen molar-refractivity contribution in [1.82, 2.24) is 20.0 Å². The van der Waals surface area contributed by atoms with Gasteiger partial charge in [-0.05, 0) is 57.7 Å². The fourth-order valence-corrected chi connectivity index (χ4v) is 4.71. The van der Waals surface area contributed by atoms with Crippen LogP contribution in [-0.4, -0.2) is 58.2 Å². The van der Waals surface area contributed by atoms with Gasteiger partial charge in [-0.2, -0.15) is 0 Å². The number of rotatable bonds is 5. The van der Waals surface area contributed by atoms with E-state index in [4.69, 9.17) is 9.26 Å². The number of hydrogen-bond donors (Lipinski definition) is 0. The molecule has 3 aromatic rings. The molecule has 5 rings (SSSR count). The highest BCUT2D eigenvalue weighted by Gasteiger charge is 2.24. The van der Waals surface area contributed by atoms with Crippen LogP contribution in [0.1, 0.15) is 42.7 Å². The quantitative estimate of drug-likeness (QED) is 0.607. The van der Waals surface area contributed by atoms with Crippen molar-refractivity contribution in [2.45, 2.75) is 52.1 Å². The van der Waals surface area contributed by atoms with Crippen LogP contribution in [0.4, 0.5) is 5.69 Å². The van der Waals surface area contributed by atoms with Gasteiger partial charge in [-0.25, -0.2) is 9.97 Å². The van der Waals surface area contributed by atoms with Crippen LogP contribution in [0, 0.1) is 13.8 Å². The van der Waals surface area contributed by atoms with Crippen LogP contribution in [0.2, 0.25) is 0 Å². The second-order valence-electron chi connectivity index (χ2n) is 8.75. The maximum atomic E-state index is 12.8. The van der Waals surface area contributed by atoms with E-state index in [1.54, 1.807) is 6.33 Å². The van der Waals surface area contributed by atoms with Crippen molar-refractivity contribution in [3.8, 4) is 5.88 Å². The summed E-state index contributed by atoms with van der Waals surface area (Å²) in [5.74, 6) is 1.53. The lowest BCUT2D eigenvalue weighted by molar-refractivity contribution is -0.130. The number of carbonyl (C=O) groups excluding carboxylic acids is 1. The number of anilines is 1. The molecule has 1 aliphatic carbocycles. The molecule has 1 aromatic carbocycles. The third-order valence-electron chi connectivity index (χ3n) is 6.67. The molecule has 3 heterocycles. The van der Waals surface area contributed by atoms with Crippen LogP contribution in [-0.2, 0) is 11.2 Å². The van der Waals surface area contributed by atoms with E-state index >= 15 is 0 Å². The van der Waals surface area contributed by atoms with Crippen molar-refractivity contribution in [1.29, 1.82) is 0 Å². The SMILES string of the molecule is Cc1noc(C)c1CC(=O)N1CCN(c2ccc3ncnc(OC4CCCC4)c3c2)CC1. The summed E-state index contributed by atoms with van der Waals surface area (Å²) in [5.41, 5.74) is 3.71. The number of carbonyl (C=O) groups is 1. The smallest absolute Gasteiger partial charge is 0.227 e. The Bertz CT molecular complexity index is 1090. The van der Waals surface area contributed by atoms with E-state index in [0.29, 0.717) is 25.4 Å². The predicted molar refractivity (Wildman–Crippen MR) is 121 cm³/mol. The minimum atomic E-state index is 0.123. The Morgan fingerprint density at radius 3 is 2.62 bits per heavy atom. The first-order chi connectivity index (χ1) is 15.6. The highest BCUT2D eigenvalue weighted by molar-refractivity contribution is 5.87. The zero-order valence-electron chi connectivity index (χ0n) is 18.7. The standard InChI is InChI=1S/C24H29N5O3/c1-16-20(17(2)32-27-16)14-23(30)29-11-9-28(10-12-29)18-7-8-22-21(13-18)24(26-15-25-22)31-19-5-3-4-6-19/h7-8,13,15,19H,3-6,9-12,14H2,1-2H3. The first-order valence-corrected chi connectivity index (χ1v) is 11.4. The summed E-state index contributed by atoms with van der Waals surface area (Å²) in [4.78, 5) is 25.9. The van der Waals surface area contributed by atoms with Crippen LogP contribution in [0.5, 0.6) is 5.88 Å². The van der Waals surface area contributed by atoms with E-state index in [0.717, 1.165) is 59.5 Å². The van der Waals surface area contributed by atoms with Gasteiger partial charge in [0.2, 0.25) is 11.8 Å². The maximum Gasteiger partial charge on any atom is 0.227 e. The molecule has 0 bridgehead atoms.